The van der Waals surface area contributed by atoms with Gasteiger partial charge in [-0.15, -0.1) is 0 Å². The molecular weight excluding hydrogens is 551 g/mol. The van der Waals surface area contributed by atoms with Crippen molar-refractivity contribution in [3.63, 3.8) is 0 Å². The predicted octanol–water partition coefficient (Wildman–Crippen LogP) is 4.01. The molecule has 2 atom stereocenters. The highest BCUT2D eigenvalue weighted by molar-refractivity contribution is 6.04. The van der Waals surface area contributed by atoms with Gasteiger partial charge in [-0.2, -0.15) is 13.2 Å². The summed E-state index contributed by atoms with van der Waals surface area (Å²) >= 11 is 0. The van der Waals surface area contributed by atoms with E-state index < -0.39 is 53.8 Å². The first-order valence-corrected chi connectivity index (χ1v) is 14.2. The zero-order valence-electron chi connectivity index (χ0n) is 24.5. The quantitative estimate of drug-likeness (QED) is 0.174. The van der Waals surface area contributed by atoms with Crippen LogP contribution >= 0.6 is 0 Å². The fourth-order valence-corrected chi connectivity index (χ4v) is 4.16. The lowest BCUT2D eigenvalue weighted by atomic mass is 10.1. The Bertz CT molecular complexity index is 1170. The van der Waals surface area contributed by atoms with Crippen molar-refractivity contribution in [2.45, 2.75) is 77.7 Å². The average molecular weight is 594 g/mol. The molecule has 0 radical (unpaired) electrons. The van der Waals surface area contributed by atoms with E-state index in [-0.39, 0.29) is 18.3 Å². The van der Waals surface area contributed by atoms with E-state index in [0.717, 1.165) is 30.5 Å². The van der Waals surface area contributed by atoms with Crippen LogP contribution < -0.4 is 26.6 Å². The maximum atomic E-state index is 13.3. The summed E-state index contributed by atoms with van der Waals surface area (Å²) in [4.78, 5) is 37.7. The Kier molecular flexibility index (Phi) is 13.8. The van der Waals surface area contributed by atoms with Crippen LogP contribution in [0.4, 0.5) is 23.7 Å². The lowest BCUT2D eigenvalue weighted by Gasteiger charge is -2.24. The van der Waals surface area contributed by atoms with Gasteiger partial charge in [0.2, 0.25) is 5.91 Å². The molecule has 232 valence electrons. The van der Waals surface area contributed by atoms with Crippen molar-refractivity contribution >= 4 is 23.5 Å². The molecule has 0 aliphatic carbocycles. The Balaban J connectivity index is 2.02. The molecule has 0 aliphatic heterocycles. The Morgan fingerprint density at radius 2 is 1.62 bits per heavy atom. The Morgan fingerprint density at radius 3 is 2.21 bits per heavy atom. The molecule has 0 saturated carbocycles. The van der Waals surface area contributed by atoms with Gasteiger partial charge < -0.3 is 31.7 Å². The van der Waals surface area contributed by atoms with Crippen molar-refractivity contribution in [3.8, 4) is 0 Å². The topological polar surface area (TPSA) is 132 Å². The molecule has 0 bridgehead atoms. The highest BCUT2D eigenvalue weighted by Gasteiger charge is 2.32. The van der Waals surface area contributed by atoms with Crippen molar-refractivity contribution in [2.24, 2.45) is 0 Å². The monoisotopic (exact) mass is 593 g/mol. The fourth-order valence-electron chi connectivity index (χ4n) is 4.16. The third-order valence-corrected chi connectivity index (χ3v) is 6.45. The largest absolute Gasteiger partial charge is 0.416 e. The molecule has 6 N–H and O–H groups in total. The SMILES string of the molecule is CCC[C@H](O)[C@H](CNCCc1ccc(CC)cc1)NC(=O)CNC(=O)c1cc(C(F)(F)F)ccc1NC(=O)NC(C)C. The third kappa shape index (κ3) is 11.7. The Morgan fingerprint density at radius 1 is 0.952 bits per heavy atom. The lowest BCUT2D eigenvalue weighted by Crippen LogP contribution is -2.52. The van der Waals surface area contributed by atoms with Crippen LogP contribution in [0.25, 0.3) is 0 Å². The lowest BCUT2D eigenvalue weighted by molar-refractivity contribution is -0.137. The molecule has 2 aromatic rings. The number of aliphatic hydroxyl groups excluding tert-OH is 1. The average Bonchev–Trinajstić information content (AvgIpc) is 2.92. The van der Waals surface area contributed by atoms with E-state index in [1.165, 1.54) is 5.56 Å². The number of carbonyl (C=O) groups excluding carboxylic acids is 3. The summed E-state index contributed by atoms with van der Waals surface area (Å²) in [7, 11) is 0. The van der Waals surface area contributed by atoms with Crippen molar-refractivity contribution in [1.29, 1.82) is 0 Å². The highest BCUT2D eigenvalue weighted by Crippen LogP contribution is 2.32. The van der Waals surface area contributed by atoms with Gasteiger partial charge in [0.15, 0.2) is 0 Å². The molecule has 0 fully saturated rings. The van der Waals surface area contributed by atoms with Crippen LogP contribution in [0.15, 0.2) is 42.5 Å². The Labute approximate surface area is 245 Å². The van der Waals surface area contributed by atoms with Gasteiger partial charge in [0.1, 0.15) is 0 Å². The van der Waals surface area contributed by atoms with Gasteiger partial charge in [-0.3, -0.25) is 9.59 Å². The van der Waals surface area contributed by atoms with Crippen molar-refractivity contribution in [3.05, 3.63) is 64.7 Å². The normalized spacial score (nSPS) is 12.9. The summed E-state index contributed by atoms with van der Waals surface area (Å²) < 4.78 is 40.0. The zero-order chi connectivity index (χ0) is 31.3. The molecule has 42 heavy (non-hydrogen) atoms. The number of hydrogen-bond donors (Lipinski definition) is 6. The summed E-state index contributed by atoms with van der Waals surface area (Å²) in [5, 5.41) is 23.7. The van der Waals surface area contributed by atoms with E-state index in [0.29, 0.717) is 25.5 Å². The molecule has 2 rings (SSSR count). The number of hydrogen-bond acceptors (Lipinski definition) is 5. The Hall–Kier alpha value is -3.64. The summed E-state index contributed by atoms with van der Waals surface area (Å²) in [6.45, 7) is 7.73. The van der Waals surface area contributed by atoms with Crippen LogP contribution in [0, 0.1) is 0 Å². The zero-order valence-corrected chi connectivity index (χ0v) is 24.5. The first-order valence-electron chi connectivity index (χ1n) is 14.2. The minimum Gasteiger partial charge on any atom is -0.391 e. The molecule has 0 unspecified atom stereocenters. The number of rotatable bonds is 15. The van der Waals surface area contributed by atoms with Gasteiger partial charge in [-0.25, -0.2) is 4.79 Å². The predicted molar refractivity (Wildman–Crippen MR) is 156 cm³/mol. The third-order valence-electron chi connectivity index (χ3n) is 6.45. The minimum atomic E-state index is -4.72. The molecule has 4 amide bonds. The summed E-state index contributed by atoms with van der Waals surface area (Å²) in [6, 6.07) is 9.04. The van der Waals surface area contributed by atoms with E-state index in [2.05, 4.69) is 57.8 Å². The van der Waals surface area contributed by atoms with Crippen LogP contribution in [0.5, 0.6) is 0 Å². The number of halogens is 3. The number of benzene rings is 2. The molecule has 12 heteroatoms. The summed E-state index contributed by atoms with van der Waals surface area (Å²) in [6.07, 6.45) is -2.72. The van der Waals surface area contributed by atoms with Crippen LogP contribution in [0.2, 0.25) is 0 Å². The molecular formula is C30H42F3N5O4. The van der Waals surface area contributed by atoms with Crippen LogP contribution in [0.3, 0.4) is 0 Å². The molecule has 0 heterocycles. The summed E-state index contributed by atoms with van der Waals surface area (Å²) in [5.41, 5.74) is 0.724. The van der Waals surface area contributed by atoms with Crippen molar-refractivity contribution in [1.82, 2.24) is 21.3 Å². The van der Waals surface area contributed by atoms with E-state index in [1.54, 1.807) is 13.8 Å². The summed E-state index contributed by atoms with van der Waals surface area (Å²) in [5.74, 6) is -1.60. The number of carbonyl (C=O) groups is 3. The second-order valence-electron chi connectivity index (χ2n) is 10.3. The molecule has 0 saturated heterocycles. The van der Waals surface area contributed by atoms with Crippen LogP contribution in [-0.4, -0.2) is 60.8 Å². The minimum absolute atomic E-state index is 0.149. The van der Waals surface area contributed by atoms with E-state index in [9.17, 15) is 32.7 Å². The molecule has 0 aromatic heterocycles. The number of alkyl halides is 3. The second-order valence-corrected chi connectivity index (χ2v) is 10.3. The second kappa shape index (κ2) is 16.7. The van der Waals surface area contributed by atoms with Gasteiger partial charge in [0, 0.05) is 12.6 Å². The van der Waals surface area contributed by atoms with Gasteiger partial charge in [0.25, 0.3) is 5.91 Å². The number of nitrogens with one attached hydrogen (secondary N) is 5. The number of anilines is 1. The molecule has 2 aromatic carbocycles. The van der Waals surface area contributed by atoms with Gasteiger partial charge >= 0.3 is 12.2 Å². The van der Waals surface area contributed by atoms with Crippen molar-refractivity contribution in [2.75, 3.05) is 25.0 Å². The van der Waals surface area contributed by atoms with Crippen LogP contribution in [-0.2, 0) is 23.8 Å². The number of aryl methyl sites for hydroxylation is 1. The van der Waals surface area contributed by atoms with Gasteiger partial charge in [-0.1, -0.05) is 44.5 Å². The first-order chi connectivity index (χ1) is 19.8. The van der Waals surface area contributed by atoms with E-state index >= 15 is 0 Å². The van der Waals surface area contributed by atoms with E-state index in [1.807, 2.05) is 6.92 Å². The van der Waals surface area contributed by atoms with E-state index in [4.69, 9.17) is 0 Å². The van der Waals surface area contributed by atoms with Gasteiger partial charge in [-0.05, 0) is 69.0 Å². The van der Waals surface area contributed by atoms with Gasteiger partial charge in [0.05, 0.1) is 35.5 Å². The molecule has 0 spiro atoms. The standard InChI is InChI=1S/C30H42F3N5O4/c1-5-7-26(39)25(17-34-15-14-21-10-8-20(6-2)9-11-21)37-27(40)18-35-28(41)23-16-22(30(31,32)33)12-13-24(23)38-29(42)36-19(3)4/h8-13,16,19,25-26,34,39H,5-7,14-15,17-18H2,1-4H3,(H,35,41)(H,37,40)(H2,36,38,42)/t25-,26-/m0/s1. The number of aliphatic hydroxyl groups is 1. The van der Waals surface area contributed by atoms with Crippen LogP contribution in [0.1, 0.15) is 67.6 Å². The molecule has 9 nitrogen and oxygen atoms in total. The molecule has 0 aliphatic rings. The first kappa shape index (κ1) is 34.6. The smallest absolute Gasteiger partial charge is 0.391 e. The maximum absolute atomic E-state index is 13.3. The maximum Gasteiger partial charge on any atom is 0.416 e. The number of urea groups is 1. The van der Waals surface area contributed by atoms with Crippen molar-refractivity contribution < 1.29 is 32.7 Å². The highest BCUT2D eigenvalue weighted by atomic mass is 19.4. The fraction of sp³-hybridized carbons (Fsp3) is 0.500. The number of amides is 4.